The lowest BCUT2D eigenvalue weighted by Gasteiger charge is -2.20. The fourth-order valence-corrected chi connectivity index (χ4v) is 2.87. The summed E-state index contributed by atoms with van der Waals surface area (Å²) in [5.41, 5.74) is -0.588. The van der Waals surface area contributed by atoms with Gasteiger partial charge in [-0.15, -0.1) is 0 Å². The largest absolute Gasteiger partial charge is 0.416 e. The number of fused-ring (bicyclic) bond motifs is 1. The van der Waals surface area contributed by atoms with Gasteiger partial charge in [0.2, 0.25) is 5.91 Å². The number of halogens is 4. The van der Waals surface area contributed by atoms with E-state index in [9.17, 15) is 27.5 Å². The molecule has 0 aliphatic carbocycles. The van der Waals surface area contributed by atoms with Gasteiger partial charge < -0.3 is 10.4 Å². The molecule has 0 radical (unpaired) electrons. The minimum absolute atomic E-state index is 0.00180. The Labute approximate surface area is 164 Å². The fraction of sp³-hybridized carbons (Fsp3) is 0.300. The molecule has 2 heterocycles. The van der Waals surface area contributed by atoms with Crippen LogP contribution in [0.3, 0.4) is 0 Å². The SMILES string of the molecule is CC(C)(CO)CC(=O)Nc1nc2ccc(F)cn2c1-c1ccc(C(F)(F)F)cc1. The maximum Gasteiger partial charge on any atom is 0.416 e. The summed E-state index contributed by atoms with van der Waals surface area (Å²) in [6.07, 6.45) is -3.35. The smallest absolute Gasteiger partial charge is 0.396 e. The number of aliphatic hydroxyl groups excluding tert-OH is 1. The van der Waals surface area contributed by atoms with E-state index in [1.54, 1.807) is 13.8 Å². The average molecular weight is 409 g/mol. The van der Waals surface area contributed by atoms with Crippen molar-refractivity contribution in [1.82, 2.24) is 9.38 Å². The number of amides is 1. The van der Waals surface area contributed by atoms with Crippen molar-refractivity contribution in [1.29, 1.82) is 0 Å². The monoisotopic (exact) mass is 409 g/mol. The van der Waals surface area contributed by atoms with Crippen LogP contribution in [0.1, 0.15) is 25.8 Å². The Morgan fingerprint density at radius 2 is 1.79 bits per heavy atom. The molecule has 0 unspecified atom stereocenters. The number of benzene rings is 1. The Hall–Kier alpha value is -2.94. The molecule has 29 heavy (non-hydrogen) atoms. The number of imidazole rings is 1. The lowest BCUT2D eigenvalue weighted by molar-refractivity contribution is -0.137. The van der Waals surface area contributed by atoms with Gasteiger partial charge in [0, 0.05) is 24.8 Å². The number of pyridine rings is 1. The quantitative estimate of drug-likeness (QED) is 0.610. The average Bonchev–Trinajstić information content (AvgIpc) is 2.97. The number of alkyl halides is 3. The molecule has 3 rings (SSSR count). The van der Waals surface area contributed by atoms with E-state index in [1.165, 1.54) is 28.7 Å². The van der Waals surface area contributed by atoms with Gasteiger partial charge in [0.25, 0.3) is 0 Å². The van der Waals surface area contributed by atoms with Crippen molar-refractivity contribution in [3.63, 3.8) is 0 Å². The van der Waals surface area contributed by atoms with Crippen LogP contribution in [0.5, 0.6) is 0 Å². The number of carbonyl (C=O) groups excluding carboxylic acids is 1. The molecule has 9 heteroatoms. The molecule has 3 aromatic rings. The Balaban J connectivity index is 2.06. The van der Waals surface area contributed by atoms with E-state index in [-0.39, 0.29) is 24.5 Å². The molecule has 1 aromatic carbocycles. The summed E-state index contributed by atoms with van der Waals surface area (Å²) in [4.78, 5) is 16.7. The summed E-state index contributed by atoms with van der Waals surface area (Å²) < 4.78 is 53.7. The van der Waals surface area contributed by atoms with E-state index in [0.29, 0.717) is 11.2 Å². The van der Waals surface area contributed by atoms with Gasteiger partial charge in [-0.2, -0.15) is 13.2 Å². The highest BCUT2D eigenvalue weighted by Crippen LogP contribution is 2.34. The number of hydrogen-bond acceptors (Lipinski definition) is 3. The van der Waals surface area contributed by atoms with Crippen molar-refractivity contribution in [2.75, 3.05) is 11.9 Å². The van der Waals surface area contributed by atoms with E-state index < -0.39 is 28.9 Å². The molecule has 0 atom stereocenters. The molecule has 2 N–H and O–H groups in total. The topological polar surface area (TPSA) is 66.6 Å². The second-order valence-corrected chi connectivity index (χ2v) is 7.51. The molecule has 154 valence electrons. The van der Waals surface area contributed by atoms with Gasteiger partial charge in [0.15, 0.2) is 5.82 Å². The van der Waals surface area contributed by atoms with Crippen molar-refractivity contribution in [2.45, 2.75) is 26.4 Å². The van der Waals surface area contributed by atoms with E-state index in [0.717, 1.165) is 18.3 Å². The lowest BCUT2D eigenvalue weighted by Crippen LogP contribution is -2.25. The van der Waals surface area contributed by atoms with Crippen LogP contribution in [0, 0.1) is 11.2 Å². The molecule has 0 saturated heterocycles. The summed E-state index contributed by atoms with van der Waals surface area (Å²) in [5.74, 6) is -0.905. The van der Waals surface area contributed by atoms with Crippen molar-refractivity contribution in [2.24, 2.45) is 5.41 Å². The second-order valence-electron chi connectivity index (χ2n) is 7.51. The minimum atomic E-state index is -4.49. The molecule has 0 saturated carbocycles. The van der Waals surface area contributed by atoms with E-state index in [1.807, 2.05) is 0 Å². The van der Waals surface area contributed by atoms with Crippen LogP contribution in [0.25, 0.3) is 16.9 Å². The second kappa shape index (κ2) is 7.47. The van der Waals surface area contributed by atoms with Crippen LogP contribution >= 0.6 is 0 Å². The third-order valence-corrected chi connectivity index (χ3v) is 4.39. The van der Waals surface area contributed by atoms with Gasteiger partial charge in [-0.3, -0.25) is 9.20 Å². The molecule has 1 amide bonds. The Morgan fingerprint density at radius 1 is 1.14 bits per heavy atom. The number of rotatable bonds is 5. The Kier molecular flexibility index (Phi) is 5.36. The lowest BCUT2D eigenvalue weighted by atomic mass is 9.90. The number of hydrogen-bond donors (Lipinski definition) is 2. The standard InChI is InChI=1S/C20H19F4N3O2/c1-19(2,11-28)9-16(29)26-18-17(27-10-14(21)7-8-15(27)25-18)12-3-5-13(6-4-12)20(22,23)24/h3-8,10,28H,9,11H2,1-2H3,(H,26,29). The molecule has 0 bridgehead atoms. The predicted octanol–water partition coefficient (Wildman–Crippen LogP) is 4.51. The number of aromatic nitrogens is 2. The predicted molar refractivity (Wildman–Crippen MR) is 99.7 cm³/mol. The van der Waals surface area contributed by atoms with Crippen LogP contribution < -0.4 is 5.32 Å². The summed E-state index contributed by atoms with van der Waals surface area (Å²) in [7, 11) is 0. The highest BCUT2D eigenvalue weighted by Gasteiger charge is 2.30. The van der Waals surface area contributed by atoms with E-state index in [4.69, 9.17) is 0 Å². The zero-order valence-corrected chi connectivity index (χ0v) is 15.7. The maximum absolute atomic E-state index is 13.8. The van der Waals surface area contributed by atoms with Gasteiger partial charge in [-0.25, -0.2) is 9.37 Å². The van der Waals surface area contributed by atoms with Gasteiger partial charge in [0.05, 0.1) is 11.3 Å². The molecule has 0 aliphatic heterocycles. The van der Waals surface area contributed by atoms with Gasteiger partial charge in [-0.05, 0) is 29.7 Å². The normalized spacial score (nSPS) is 12.4. The highest BCUT2D eigenvalue weighted by molar-refractivity contribution is 5.94. The number of anilines is 1. The number of nitrogens with one attached hydrogen (secondary N) is 1. The summed E-state index contributed by atoms with van der Waals surface area (Å²) in [6, 6.07) is 6.90. The van der Waals surface area contributed by atoms with Crippen molar-refractivity contribution in [3.05, 3.63) is 54.0 Å². The van der Waals surface area contributed by atoms with Crippen molar-refractivity contribution in [3.8, 4) is 11.3 Å². The summed E-state index contributed by atoms with van der Waals surface area (Å²) >= 11 is 0. The van der Waals surface area contributed by atoms with Crippen LogP contribution in [0.15, 0.2) is 42.6 Å². The zero-order valence-electron chi connectivity index (χ0n) is 15.7. The van der Waals surface area contributed by atoms with Crippen molar-refractivity contribution >= 4 is 17.4 Å². The number of aliphatic hydroxyl groups is 1. The summed E-state index contributed by atoms with van der Waals surface area (Å²) in [5, 5.41) is 12.0. The van der Waals surface area contributed by atoms with Gasteiger partial charge in [-0.1, -0.05) is 26.0 Å². The van der Waals surface area contributed by atoms with E-state index in [2.05, 4.69) is 10.3 Å². The molecule has 5 nitrogen and oxygen atoms in total. The van der Waals surface area contributed by atoms with Crippen LogP contribution in [-0.4, -0.2) is 27.0 Å². The molecule has 0 aliphatic rings. The fourth-order valence-electron chi connectivity index (χ4n) is 2.87. The third-order valence-electron chi connectivity index (χ3n) is 4.39. The maximum atomic E-state index is 13.8. The molecule has 0 spiro atoms. The van der Waals surface area contributed by atoms with Crippen LogP contribution in [0.2, 0.25) is 0 Å². The van der Waals surface area contributed by atoms with Gasteiger partial charge >= 0.3 is 6.18 Å². The number of nitrogens with zero attached hydrogens (tertiary/aromatic N) is 2. The molecule has 2 aromatic heterocycles. The van der Waals surface area contributed by atoms with Crippen LogP contribution in [0.4, 0.5) is 23.4 Å². The molecular weight excluding hydrogens is 390 g/mol. The number of carbonyl (C=O) groups is 1. The first-order chi connectivity index (χ1) is 13.5. The first kappa shape index (κ1) is 20.8. The van der Waals surface area contributed by atoms with Gasteiger partial charge in [0.1, 0.15) is 11.5 Å². The molecule has 0 fully saturated rings. The Morgan fingerprint density at radius 3 is 2.38 bits per heavy atom. The minimum Gasteiger partial charge on any atom is -0.396 e. The summed E-state index contributed by atoms with van der Waals surface area (Å²) in [6.45, 7) is 3.22. The Bertz CT molecular complexity index is 1040. The van der Waals surface area contributed by atoms with Crippen molar-refractivity contribution < 1.29 is 27.5 Å². The highest BCUT2D eigenvalue weighted by atomic mass is 19.4. The zero-order chi connectivity index (χ0) is 21.4. The first-order valence-corrected chi connectivity index (χ1v) is 8.76. The molecular formula is C20H19F4N3O2. The van der Waals surface area contributed by atoms with Crippen LogP contribution in [-0.2, 0) is 11.0 Å². The third kappa shape index (κ3) is 4.56. The first-order valence-electron chi connectivity index (χ1n) is 8.76. The van der Waals surface area contributed by atoms with E-state index >= 15 is 0 Å².